The van der Waals surface area contributed by atoms with Gasteiger partial charge in [-0.25, -0.2) is 4.79 Å². The zero-order valence-corrected chi connectivity index (χ0v) is 32.0. The van der Waals surface area contributed by atoms with Gasteiger partial charge in [0.05, 0.1) is 112 Å². The van der Waals surface area contributed by atoms with Crippen LogP contribution < -0.4 is 5.32 Å². The van der Waals surface area contributed by atoms with Crippen LogP contribution in [0, 0.1) is 0 Å². The normalized spacial score (nSPS) is 12.1. The lowest BCUT2D eigenvalue weighted by Gasteiger charge is -2.14. The average Bonchev–Trinajstić information content (AvgIpc) is 3.51. The fourth-order valence-electron chi connectivity index (χ4n) is 5.37. The second kappa shape index (κ2) is 31.1. The van der Waals surface area contributed by atoms with Crippen molar-refractivity contribution in [2.75, 3.05) is 139 Å². The number of carbonyl (C=O) groups excluding carboxylic acids is 2. The summed E-state index contributed by atoms with van der Waals surface area (Å²) in [5.41, 5.74) is 4.80. The highest BCUT2D eigenvalue weighted by molar-refractivity contribution is 5.79. The van der Waals surface area contributed by atoms with Gasteiger partial charge in [-0.05, 0) is 35.1 Å². The summed E-state index contributed by atoms with van der Waals surface area (Å²) in [5, 5.41) is 2.80. The van der Waals surface area contributed by atoms with Gasteiger partial charge in [-0.1, -0.05) is 55.5 Å². The number of fused-ring (bicyclic) bond motifs is 3. The molecule has 0 unspecified atom stereocenters. The number of hydrogen-bond donors (Lipinski definition) is 1. The van der Waals surface area contributed by atoms with Crippen molar-refractivity contribution in [1.29, 1.82) is 0 Å². The third-order valence-electron chi connectivity index (χ3n) is 8.00. The Labute approximate surface area is 320 Å². The fourth-order valence-corrected chi connectivity index (χ4v) is 5.37. The standard InChI is InChI=1S/C40H61NO13/c1-2-8-39(42)53-32-31-52-30-29-51-28-27-50-26-25-49-24-23-48-22-21-47-20-19-46-18-17-45-16-15-44-14-7-13-41-40(43)54-33-38-36-11-5-3-9-34(36)35-10-4-6-12-37(35)38/h3-6,9-12,38H,2,7-8,13-33H2,1H3,(H,41,43). The largest absolute Gasteiger partial charge is 0.463 e. The molecule has 0 radical (unpaired) electrons. The summed E-state index contributed by atoms with van der Waals surface area (Å²) in [7, 11) is 0. The first kappa shape index (κ1) is 45.2. The molecule has 1 amide bonds. The number of benzene rings is 2. The van der Waals surface area contributed by atoms with Gasteiger partial charge in [0, 0.05) is 25.5 Å². The van der Waals surface area contributed by atoms with E-state index in [0.717, 1.165) is 6.42 Å². The van der Waals surface area contributed by atoms with Crippen molar-refractivity contribution in [3.05, 3.63) is 59.7 Å². The van der Waals surface area contributed by atoms with Crippen LogP contribution in [0.15, 0.2) is 48.5 Å². The minimum Gasteiger partial charge on any atom is -0.463 e. The van der Waals surface area contributed by atoms with E-state index in [1.807, 2.05) is 31.2 Å². The van der Waals surface area contributed by atoms with Gasteiger partial charge in [-0.15, -0.1) is 0 Å². The van der Waals surface area contributed by atoms with E-state index in [4.69, 9.17) is 52.1 Å². The van der Waals surface area contributed by atoms with E-state index in [0.29, 0.717) is 145 Å². The topological polar surface area (TPSA) is 148 Å². The number of rotatable bonds is 35. The summed E-state index contributed by atoms with van der Waals surface area (Å²) in [6.45, 7) is 11.5. The molecule has 2 aromatic carbocycles. The highest BCUT2D eigenvalue weighted by Gasteiger charge is 2.28. The van der Waals surface area contributed by atoms with Gasteiger partial charge in [-0.3, -0.25) is 4.79 Å². The van der Waals surface area contributed by atoms with E-state index in [1.54, 1.807) is 0 Å². The number of nitrogens with one attached hydrogen (secondary N) is 1. The van der Waals surface area contributed by atoms with Crippen LogP contribution in [0.5, 0.6) is 0 Å². The Morgan fingerprint density at radius 3 is 1.28 bits per heavy atom. The van der Waals surface area contributed by atoms with Gasteiger partial charge in [0.25, 0.3) is 0 Å². The van der Waals surface area contributed by atoms with Crippen molar-refractivity contribution in [3.8, 4) is 11.1 Å². The third kappa shape index (κ3) is 20.5. The predicted molar refractivity (Wildman–Crippen MR) is 201 cm³/mol. The number of amides is 1. The van der Waals surface area contributed by atoms with Crippen molar-refractivity contribution in [2.45, 2.75) is 32.1 Å². The van der Waals surface area contributed by atoms with E-state index >= 15 is 0 Å². The molecule has 304 valence electrons. The first-order valence-electron chi connectivity index (χ1n) is 19.1. The zero-order valence-electron chi connectivity index (χ0n) is 32.0. The third-order valence-corrected chi connectivity index (χ3v) is 8.00. The second-order valence-electron chi connectivity index (χ2n) is 12.1. The number of carbonyl (C=O) groups is 2. The Balaban J connectivity index is 0.952. The average molecular weight is 764 g/mol. The molecule has 1 aliphatic rings. The first-order chi connectivity index (χ1) is 26.7. The van der Waals surface area contributed by atoms with Gasteiger partial charge < -0.3 is 57.4 Å². The molecule has 54 heavy (non-hydrogen) atoms. The number of esters is 1. The molecule has 14 nitrogen and oxygen atoms in total. The highest BCUT2D eigenvalue weighted by Crippen LogP contribution is 2.44. The van der Waals surface area contributed by atoms with Gasteiger partial charge >= 0.3 is 12.1 Å². The maximum Gasteiger partial charge on any atom is 0.407 e. The smallest absolute Gasteiger partial charge is 0.407 e. The molecule has 0 atom stereocenters. The van der Waals surface area contributed by atoms with Crippen LogP contribution >= 0.6 is 0 Å². The van der Waals surface area contributed by atoms with Crippen molar-refractivity contribution in [2.24, 2.45) is 0 Å². The molecule has 0 saturated carbocycles. The minimum atomic E-state index is -0.418. The van der Waals surface area contributed by atoms with Gasteiger partial charge in [-0.2, -0.15) is 0 Å². The molecular weight excluding hydrogens is 702 g/mol. The fraction of sp³-hybridized carbons (Fsp3) is 0.650. The SMILES string of the molecule is CCCC(=O)OCCOCCOCCOCCOCCOCCOCCOCCOCCOCCCNC(=O)OCC1c2ccccc2-c2ccccc21. The number of hydrogen-bond acceptors (Lipinski definition) is 13. The molecule has 0 spiro atoms. The van der Waals surface area contributed by atoms with Crippen molar-refractivity contribution >= 4 is 12.1 Å². The summed E-state index contributed by atoms with van der Waals surface area (Å²) < 4.78 is 59.9. The van der Waals surface area contributed by atoms with Crippen LogP contribution in [0.25, 0.3) is 11.1 Å². The van der Waals surface area contributed by atoms with Crippen molar-refractivity contribution in [1.82, 2.24) is 5.32 Å². The van der Waals surface area contributed by atoms with Crippen molar-refractivity contribution in [3.63, 3.8) is 0 Å². The number of ether oxygens (including phenoxy) is 11. The Morgan fingerprint density at radius 2 is 0.870 bits per heavy atom. The lowest BCUT2D eigenvalue weighted by Crippen LogP contribution is -2.27. The van der Waals surface area contributed by atoms with Gasteiger partial charge in [0.15, 0.2) is 0 Å². The molecular formula is C40H61NO13. The Kier molecular flexibility index (Phi) is 26.0. The van der Waals surface area contributed by atoms with Gasteiger partial charge in [0.1, 0.15) is 13.2 Å². The van der Waals surface area contributed by atoms with E-state index in [9.17, 15) is 9.59 Å². The quantitative estimate of drug-likeness (QED) is 0.0782. The Bertz CT molecular complexity index is 1200. The van der Waals surface area contributed by atoms with Crippen LogP contribution in [0.3, 0.4) is 0 Å². The van der Waals surface area contributed by atoms with E-state index < -0.39 is 6.09 Å². The molecule has 1 N–H and O–H groups in total. The molecule has 0 fully saturated rings. The van der Waals surface area contributed by atoms with E-state index in [2.05, 4.69) is 29.6 Å². The molecule has 0 aliphatic heterocycles. The summed E-state index contributed by atoms with van der Waals surface area (Å²) >= 11 is 0. The number of alkyl carbamates (subject to hydrolysis) is 1. The van der Waals surface area contributed by atoms with E-state index in [1.165, 1.54) is 22.3 Å². The van der Waals surface area contributed by atoms with Crippen LogP contribution in [0.2, 0.25) is 0 Å². The lowest BCUT2D eigenvalue weighted by molar-refractivity contribution is -0.145. The highest BCUT2D eigenvalue weighted by atomic mass is 16.6. The van der Waals surface area contributed by atoms with Gasteiger partial charge in [0.2, 0.25) is 0 Å². The molecule has 2 aromatic rings. The Morgan fingerprint density at radius 1 is 0.500 bits per heavy atom. The molecule has 0 bridgehead atoms. The molecule has 1 aliphatic carbocycles. The first-order valence-corrected chi connectivity index (χ1v) is 19.1. The van der Waals surface area contributed by atoms with Crippen molar-refractivity contribution < 1.29 is 61.7 Å². The summed E-state index contributed by atoms with van der Waals surface area (Å²) in [6.07, 6.45) is 1.48. The lowest BCUT2D eigenvalue weighted by atomic mass is 9.98. The molecule has 3 rings (SSSR count). The predicted octanol–water partition coefficient (Wildman–Crippen LogP) is 4.41. The van der Waals surface area contributed by atoms with Crippen LogP contribution in [-0.4, -0.2) is 151 Å². The second-order valence-corrected chi connectivity index (χ2v) is 12.1. The monoisotopic (exact) mass is 763 g/mol. The maximum absolute atomic E-state index is 12.3. The molecule has 14 heteroatoms. The summed E-state index contributed by atoms with van der Waals surface area (Å²) in [4.78, 5) is 23.5. The maximum atomic E-state index is 12.3. The zero-order chi connectivity index (χ0) is 38.2. The molecule has 0 aromatic heterocycles. The van der Waals surface area contributed by atoms with Crippen LogP contribution in [-0.2, 0) is 56.9 Å². The van der Waals surface area contributed by atoms with E-state index in [-0.39, 0.29) is 18.5 Å². The minimum absolute atomic E-state index is 0.0474. The summed E-state index contributed by atoms with van der Waals surface area (Å²) in [6, 6.07) is 16.6. The van der Waals surface area contributed by atoms with Crippen LogP contribution in [0.1, 0.15) is 43.2 Å². The molecule has 0 heterocycles. The van der Waals surface area contributed by atoms with Crippen LogP contribution in [0.4, 0.5) is 4.79 Å². The summed E-state index contributed by atoms with van der Waals surface area (Å²) in [5.74, 6) is -0.144. The Hall–Kier alpha value is -3.18. The molecule has 0 saturated heterocycles.